The molecule has 0 atom stereocenters. The molecule has 0 fully saturated rings. The summed E-state index contributed by atoms with van der Waals surface area (Å²) in [5.74, 6) is 0.821. The molecule has 0 saturated heterocycles. The Labute approximate surface area is 202 Å². The topological polar surface area (TPSA) is 67.6 Å². The van der Waals surface area contributed by atoms with Crippen molar-refractivity contribution < 1.29 is 18.4 Å². The SMILES string of the molecule is COc1ccc(CCN(Cc2cc(C(=O)NCc3ccc(F)cc3)no2)Cc2cccs2)cc1. The van der Waals surface area contributed by atoms with E-state index in [1.165, 1.54) is 22.6 Å². The van der Waals surface area contributed by atoms with E-state index in [0.717, 1.165) is 30.8 Å². The van der Waals surface area contributed by atoms with Crippen molar-refractivity contribution >= 4 is 17.2 Å². The first-order valence-corrected chi connectivity index (χ1v) is 11.8. The van der Waals surface area contributed by atoms with Crippen LogP contribution in [-0.2, 0) is 26.1 Å². The molecular weight excluding hydrogens is 453 g/mol. The average molecular weight is 480 g/mol. The number of nitrogens with zero attached hydrogens (tertiary/aromatic N) is 2. The van der Waals surface area contributed by atoms with Crippen LogP contribution < -0.4 is 10.1 Å². The van der Waals surface area contributed by atoms with E-state index < -0.39 is 0 Å². The number of nitrogens with one attached hydrogen (secondary N) is 1. The van der Waals surface area contributed by atoms with Crippen LogP contribution >= 0.6 is 11.3 Å². The highest BCUT2D eigenvalue weighted by atomic mass is 32.1. The number of hydrogen-bond acceptors (Lipinski definition) is 6. The van der Waals surface area contributed by atoms with Gasteiger partial charge in [0.1, 0.15) is 11.6 Å². The van der Waals surface area contributed by atoms with E-state index in [9.17, 15) is 9.18 Å². The minimum atomic E-state index is -0.331. The van der Waals surface area contributed by atoms with Gasteiger partial charge < -0.3 is 14.6 Å². The summed E-state index contributed by atoms with van der Waals surface area (Å²) in [4.78, 5) is 16.0. The quantitative estimate of drug-likeness (QED) is 0.326. The van der Waals surface area contributed by atoms with Gasteiger partial charge in [-0.25, -0.2) is 4.39 Å². The summed E-state index contributed by atoms with van der Waals surface area (Å²) in [6.45, 7) is 2.41. The van der Waals surface area contributed by atoms with Crippen molar-refractivity contribution in [3.05, 3.63) is 105 Å². The third-order valence-corrected chi connectivity index (χ3v) is 6.23. The molecule has 34 heavy (non-hydrogen) atoms. The van der Waals surface area contributed by atoms with Gasteiger partial charge in [0.2, 0.25) is 0 Å². The Morgan fingerprint density at radius 3 is 2.56 bits per heavy atom. The third-order valence-electron chi connectivity index (χ3n) is 5.37. The molecule has 0 spiro atoms. The second-order valence-corrected chi connectivity index (χ2v) is 8.91. The number of halogens is 1. The highest BCUT2D eigenvalue weighted by Crippen LogP contribution is 2.17. The van der Waals surface area contributed by atoms with Crippen LogP contribution in [0.2, 0.25) is 0 Å². The fraction of sp³-hybridized carbons (Fsp3) is 0.231. The molecule has 0 bridgehead atoms. The number of thiophene rings is 1. The number of carbonyl (C=O) groups excluding carboxylic acids is 1. The zero-order valence-corrected chi connectivity index (χ0v) is 19.7. The standard InChI is InChI=1S/C26H26FN3O3S/c1-32-22-10-6-19(7-11-22)12-13-30(18-24-3-2-14-34-24)17-23-15-25(29-33-23)26(31)28-16-20-4-8-21(27)9-5-20/h2-11,14-15H,12-13,16-18H2,1H3,(H,28,31). The summed E-state index contributed by atoms with van der Waals surface area (Å²) in [6, 6.07) is 19.9. The predicted molar refractivity (Wildman–Crippen MR) is 129 cm³/mol. The van der Waals surface area contributed by atoms with E-state index in [1.54, 1.807) is 36.6 Å². The molecule has 4 aromatic rings. The number of hydrogen-bond donors (Lipinski definition) is 1. The molecule has 2 aromatic carbocycles. The second-order valence-electron chi connectivity index (χ2n) is 7.88. The summed E-state index contributed by atoms with van der Waals surface area (Å²) in [5, 5.41) is 8.80. The van der Waals surface area contributed by atoms with Crippen molar-refractivity contribution in [2.75, 3.05) is 13.7 Å². The Morgan fingerprint density at radius 2 is 1.85 bits per heavy atom. The average Bonchev–Trinajstić information content (AvgIpc) is 3.55. The van der Waals surface area contributed by atoms with Crippen LogP contribution in [0.4, 0.5) is 4.39 Å². The highest BCUT2D eigenvalue weighted by Gasteiger charge is 2.16. The summed E-state index contributed by atoms with van der Waals surface area (Å²) in [7, 11) is 1.66. The monoisotopic (exact) mass is 479 g/mol. The number of ether oxygens (including phenoxy) is 1. The van der Waals surface area contributed by atoms with Crippen LogP contribution in [0.3, 0.4) is 0 Å². The molecule has 8 heteroatoms. The molecule has 4 rings (SSSR count). The van der Waals surface area contributed by atoms with Gasteiger partial charge in [0, 0.05) is 30.6 Å². The molecule has 1 amide bonds. The fourth-order valence-corrected chi connectivity index (χ4v) is 4.25. The molecule has 2 heterocycles. The van der Waals surface area contributed by atoms with E-state index >= 15 is 0 Å². The lowest BCUT2D eigenvalue weighted by atomic mass is 10.1. The maximum atomic E-state index is 13.0. The van der Waals surface area contributed by atoms with Crippen molar-refractivity contribution in [1.82, 2.24) is 15.4 Å². The van der Waals surface area contributed by atoms with Crippen LogP contribution in [0.25, 0.3) is 0 Å². The van der Waals surface area contributed by atoms with Crippen LogP contribution in [-0.4, -0.2) is 29.6 Å². The molecule has 0 radical (unpaired) electrons. The first-order chi connectivity index (χ1) is 16.6. The summed E-state index contributed by atoms with van der Waals surface area (Å²) >= 11 is 1.71. The van der Waals surface area contributed by atoms with Gasteiger partial charge in [-0.1, -0.05) is 35.5 Å². The third kappa shape index (κ3) is 6.76. The van der Waals surface area contributed by atoms with Crippen LogP contribution in [0.5, 0.6) is 5.75 Å². The lowest BCUT2D eigenvalue weighted by molar-refractivity contribution is 0.0941. The van der Waals surface area contributed by atoms with Gasteiger partial charge in [0.15, 0.2) is 11.5 Å². The van der Waals surface area contributed by atoms with Crippen LogP contribution in [0.15, 0.2) is 76.6 Å². The second kappa shape index (κ2) is 11.6. The van der Waals surface area contributed by atoms with E-state index in [0.29, 0.717) is 12.3 Å². The van der Waals surface area contributed by atoms with Crippen molar-refractivity contribution in [1.29, 1.82) is 0 Å². The van der Waals surface area contributed by atoms with Crippen molar-refractivity contribution in [3.63, 3.8) is 0 Å². The van der Waals surface area contributed by atoms with Crippen molar-refractivity contribution in [2.24, 2.45) is 0 Å². The first-order valence-electron chi connectivity index (χ1n) is 10.9. The fourth-order valence-electron chi connectivity index (χ4n) is 3.51. The van der Waals surface area contributed by atoms with Gasteiger partial charge in [-0.15, -0.1) is 11.3 Å². The summed E-state index contributed by atoms with van der Waals surface area (Å²) in [6.07, 6.45) is 0.870. The van der Waals surface area contributed by atoms with Gasteiger partial charge in [0.25, 0.3) is 5.91 Å². The zero-order chi connectivity index (χ0) is 23.8. The van der Waals surface area contributed by atoms with Gasteiger partial charge >= 0.3 is 0 Å². The minimum Gasteiger partial charge on any atom is -0.497 e. The number of rotatable bonds is 11. The molecule has 0 unspecified atom stereocenters. The van der Waals surface area contributed by atoms with Crippen molar-refractivity contribution in [2.45, 2.75) is 26.1 Å². The molecule has 2 aromatic heterocycles. The molecular formula is C26H26FN3O3S. The Kier molecular flexibility index (Phi) is 8.06. The Morgan fingerprint density at radius 1 is 1.09 bits per heavy atom. The Bertz CT molecular complexity index is 1170. The van der Waals surface area contributed by atoms with E-state index in [2.05, 4.69) is 39.0 Å². The number of carbonyl (C=O) groups is 1. The number of benzene rings is 2. The Hall–Kier alpha value is -3.49. The molecule has 0 saturated carbocycles. The number of amides is 1. The maximum Gasteiger partial charge on any atom is 0.273 e. The predicted octanol–water partition coefficient (Wildman–Crippen LogP) is 5.06. The molecule has 6 nitrogen and oxygen atoms in total. The molecule has 0 aliphatic rings. The Balaban J connectivity index is 1.36. The number of aromatic nitrogens is 1. The van der Waals surface area contributed by atoms with E-state index in [1.807, 2.05) is 18.2 Å². The van der Waals surface area contributed by atoms with Gasteiger partial charge in [-0.3, -0.25) is 9.69 Å². The number of methoxy groups -OCH3 is 1. The highest BCUT2D eigenvalue weighted by molar-refractivity contribution is 7.09. The lowest BCUT2D eigenvalue weighted by Crippen LogP contribution is -2.25. The minimum absolute atomic E-state index is 0.225. The van der Waals surface area contributed by atoms with Gasteiger partial charge in [0.05, 0.1) is 13.7 Å². The first kappa shape index (κ1) is 23.7. The smallest absolute Gasteiger partial charge is 0.273 e. The zero-order valence-electron chi connectivity index (χ0n) is 18.9. The normalized spacial score (nSPS) is 11.0. The van der Waals surface area contributed by atoms with Gasteiger partial charge in [-0.05, 0) is 53.3 Å². The largest absolute Gasteiger partial charge is 0.497 e. The molecule has 0 aliphatic carbocycles. The lowest BCUT2D eigenvalue weighted by Gasteiger charge is -2.20. The summed E-state index contributed by atoms with van der Waals surface area (Å²) in [5.41, 5.74) is 2.25. The van der Waals surface area contributed by atoms with Crippen molar-refractivity contribution in [3.8, 4) is 5.75 Å². The van der Waals surface area contributed by atoms with Crippen LogP contribution in [0, 0.1) is 5.82 Å². The molecule has 0 aliphatic heterocycles. The maximum absolute atomic E-state index is 13.0. The van der Waals surface area contributed by atoms with Gasteiger partial charge in [-0.2, -0.15) is 0 Å². The van der Waals surface area contributed by atoms with E-state index in [4.69, 9.17) is 9.26 Å². The van der Waals surface area contributed by atoms with Crippen LogP contribution in [0.1, 0.15) is 32.3 Å². The molecule has 176 valence electrons. The summed E-state index contributed by atoms with van der Waals surface area (Å²) < 4.78 is 23.7. The van der Waals surface area contributed by atoms with E-state index in [-0.39, 0.29) is 24.0 Å². The molecule has 1 N–H and O–H groups in total.